The second-order valence-corrected chi connectivity index (χ2v) is 6.87. The summed E-state index contributed by atoms with van der Waals surface area (Å²) in [7, 11) is 0. The van der Waals surface area contributed by atoms with Crippen LogP contribution in [0.1, 0.15) is 17.3 Å². The lowest BCUT2D eigenvalue weighted by molar-refractivity contribution is -0.171. The van der Waals surface area contributed by atoms with Crippen molar-refractivity contribution >= 4 is 34.0 Å². The first-order valence-electron chi connectivity index (χ1n) is 7.06. The van der Waals surface area contributed by atoms with Gasteiger partial charge in [0.1, 0.15) is 17.5 Å². The smallest absolute Gasteiger partial charge is 0.286 e. The molecule has 0 bridgehead atoms. The highest BCUT2D eigenvalue weighted by Crippen LogP contribution is 2.46. The zero-order valence-electron chi connectivity index (χ0n) is 12.2. The van der Waals surface area contributed by atoms with Crippen molar-refractivity contribution in [2.24, 2.45) is 5.73 Å². The van der Waals surface area contributed by atoms with Crippen LogP contribution in [-0.4, -0.2) is 11.1 Å². The summed E-state index contributed by atoms with van der Waals surface area (Å²) in [5.41, 5.74) is 20.9. The quantitative estimate of drug-likeness (QED) is 0.270. The molecule has 0 fully saturated rings. The summed E-state index contributed by atoms with van der Waals surface area (Å²) < 4.78 is 15.7. The van der Waals surface area contributed by atoms with Gasteiger partial charge in [0, 0.05) is 15.7 Å². The number of hydrogen-bond donors (Lipinski definition) is 4. The third kappa shape index (κ3) is 2.53. The molecule has 2 aromatic rings. The molecule has 0 radical (unpaired) electrons. The lowest BCUT2D eigenvalue weighted by Crippen LogP contribution is -2.45. The van der Waals surface area contributed by atoms with Crippen molar-refractivity contribution in [1.82, 2.24) is 0 Å². The van der Waals surface area contributed by atoms with Gasteiger partial charge < -0.3 is 22.3 Å². The van der Waals surface area contributed by atoms with Crippen LogP contribution in [0.15, 0.2) is 24.3 Å². The molecule has 0 amide bonds. The zero-order valence-corrected chi connectivity index (χ0v) is 14.4. The molecule has 23 heavy (non-hydrogen) atoms. The summed E-state index contributed by atoms with van der Waals surface area (Å²) in [6, 6.07) is 5.96. The van der Waals surface area contributed by atoms with Gasteiger partial charge in [0.15, 0.2) is 0 Å². The number of nitrogens with two attached hydrogens (primary N) is 4. The molecule has 3 rings (SSSR count). The monoisotopic (exact) mass is 428 g/mol. The standard InChI is InChI=1S/C16H16FIN4O/c17-14-8-5-11(20)10(19)2-1-7(8)13-6(4-12(14)21)3-9(18)15(22)16(13)23/h1-3,5,12,14,23H,4,21-22H2,(H3,19,20)/p+2. The minimum Gasteiger partial charge on any atom is -0.591 e. The Hall–Kier alpha value is -1.87. The number of halogens is 2. The van der Waals surface area contributed by atoms with E-state index in [2.05, 4.69) is 22.6 Å². The fourth-order valence-electron chi connectivity index (χ4n) is 2.92. The Morgan fingerprint density at radius 3 is 2.65 bits per heavy atom. The third-order valence-corrected chi connectivity index (χ3v) is 5.07. The molecule has 120 valence electrons. The Kier molecular flexibility index (Phi) is 3.93. The Bertz CT molecular complexity index is 872. The molecule has 0 heterocycles. The Balaban J connectivity index is 2.47. The topological polar surface area (TPSA) is 127 Å². The van der Waals surface area contributed by atoms with Gasteiger partial charge in [-0.05, 0) is 63.9 Å². The van der Waals surface area contributed by atoms with Crippen molar-refractivity contribution in [2.45, 2.75) is 18.6 Å². The predicted molar refractivity (Wildman–Crippen MR) is 97.1 cm³/mol. The second-order valence-electron chi connectivity index (χ2n) is 5.71. The van der Waals surface area contributed by atoms with Crippen LogP contribution in [0.25, 0.3) is 11.1 Å². The van der Waals surface area contributed by atoms with Crippen LogP contribution >= 0.6 is 22.6 Å². The SMILES string of the molecule is Nc1c(I)cc2c(c1[OH2+])-c1ccc(=[NH2+])c(N)cc1C(F)C(N)C2. The molecule has 1 aliphatic rings. The van der Waals surface area contributed by atoms with E-state index in [1.807, 2.05) is 6.07 Å². The number of anilines is 2. The van der Waals surface area contributed by atoms with Gasteiger partial charge in [0.05, 0.1) is 5.56 Å². The first-order valence-corrected chi connectivity index (χ1v) is 8.13. The Labute approximate surface area is 146 Å². The van der Waals surface area contributed by atoms with Crippen molar-refractivity contribution in [3.05, 3.63) is 44.3 Å². The van der Waals surface area contributed by atoms with Crippen molar-refractivity contribution in [1.29, 1.82) is 0 Å². The maximum absolute atomic E-state index is 14.9. The van der Waals surface area contributed by atoms with E-state index < -0.39 is 12.2 Å². The Morgan fingerprint density at radius 1 is 1.26 bits per heavy atom. The average molecular weight is 428 g/mol. The number of benzene rings is 1. The first-order chi connectivity index (χ1) is 10.8. The zero-order chi connectivity index (χ0) is 16.9. The van der Waals surface area contributed by atoms with Crippen LogP contribution in [0.4, 0.5) is 15.8 Å². The summed E-state index contributed by atoms with van der Waals surface area (Å²) in [6.07, 6.45) is -1.07. The lowest BCUT2D eigenvalue weighted by Gasteiger charge is -2.14. The van der Waals surface area contributed by atoms with E-state index >= 15 is 0 Å². The molecule has 0 spiro atoms. The van der Waals surface area contributed by atoms with E-state index in [-0.39, 0.29) is 11.4 Å². The van der Waals surface area contributed by atoms with Gasteiger partial charge in [-0.15, -0.1) is 0 Å². The van der Waals surface area contributed by atoms with Crippen LogP contribution < -0.4 is 28.0 Å². The first kappa shape index (κ1) is 16.0. The molecule has 1 aliphatic carbocycles. The summed E-state index contributed by atoms with van der Waals surface area (Å²) in [4.78, 5) is 0. The molecule has 2 aromatic carbocycles. The minimum atomic E-state index is -1.40. The van der Waals surface area contributed by atoms with Gasteiger partial charge >= 0.3 is 0 Å². The largest absolute Gasteiger partial charge is 0.591 e. The van der Waals surface area contributed by atoms with Gasteiger partial charge in [-0.3, -0.25) is 5.41 Å². The summed E-state index contributed by atoms with van der Waals surface area (Å²) in [5, 5.41) is 14.6. The fraction of sp³-hybridized carbons (Fsp3) is 0.188. The number of alkyl halides is 1. The molecule has 0 saturated heterocycles. The maximum atomic E-state index is 14.9. The van der Waals surface area contributed by atoms with Gasteiger partial charge in [0.2, 0.25) is 5.36 Å². The molecule has 0 aliphatic heterocycles. The number of nitrogen functional groups attached to an aromatic ring is 2. The molecule has 5 nitrogen and oxygen atoms in total. The molecule has 2 atom stereocenters. The minimum absolute atomic E-state index is 0.179. The molecular formula is C16H18FIN4O+2. The Morgan fingerprint density at radius 2 is 1.96 bits per heavy atom. The normalized spacial score (nSPS) is 19.6. The molecule has 10 N–H and O–H groups in total. The van der Waals surface area contributed by atoms with E-state index in [4.69, 9.17) is 27.7 Å². The fourth-order valence-corrected chi connectivity index (χ4v) is 3.57. The average Bonchev–Trinajstić information content (AvgIpc) is 2.70. The number of fused-ring (bicyclic) bond motifs is 3. The molecule has 2 unspecified atom stereocenters. The molecule has 0 aromatic heterocycles. The van der Waals surface area contributed by atoms with E-state index in [1.165, 1.54) is 6.07 Å². The van der Waals surface area contributed by atoms with Crippen molar-refractivity contribution in [3.8, 4) is 16.9 Å². The molecule has 0 saturated carbocycles. The second kappa shape index (κ2) is 5.64. The highest BCUT2D eigenvalue weighted by Gasteiger charge is 2.32. The predicted octanol–water partition coefficient (Wildman–Crippen LogP) is 0.114. The third-order valence-electron chi connectivity index (χ3n) is 4.18. The highest BCUT2D eigenvalue weighted by atomic mass is 127. The van der Waals surface area contributed by atoms with E-state index in [0.717, 1.165) is 9.13 Å². The van der Waals surface area contributed by atoms with Crippen LogP contribution in [0, 0.1) is 3.57 Å². The number of hydrogen-bond acceptors (Lipinski definition) is 3. The van der Waals surface area contributed by atoms with Crippen LogP contribution in [0.5, 0.6) is 5.75 Å². The van der Waals surface area contributed by atoms with Gasteiger partial charge in [-0.1, -0.05) is 0 Å². The van der Waals surface area contributed by atoms with Crippen molar-refractivity contribution in [2.75, 3.05) is 11.5 Å². The van der Waals surface area contributed by atoms with Crippen LogP contribution in [0.3, 0.4) is 0 Å². The summed E-state index contributed by atoms with van der Waals surface area (Å²) in [6.45, 7) is 0. The summed E-state index contributed by atoms with van der Waals surface area (Å²) in [5.74, 6) is 0.179. The van der Waals surface area contributed by atoms with Crippen molar-refractivity contribution < 1.29 is 14.9 Å². The van der Waals surface area contributed by atoms with Gasteiger partial charge in [-0.25, -0.2) is 4.39 Å². The van der Waals surface area contributed by atoms with E-state index in [0.29, 0.717) is 34.2 Å². The van der Waals surface area contributed by atoms with Crippen LogP contribution in [0.2, 0.25) is 0 Å². The van der Waals surface area contributed by atoms with E-state index in [1.54, 1.807) is 12.1 Å². The highest BCUT2D eigenvalue weighted by molar-refractivity contribution is 14.1. The summed E-state index contributed by atoms with van der Waals surface area (Å²) >= 11 is 2.07. The van der Waals surface area contributed by atoms with E-state index in [9.17, 15) is 4.39 Å². The van der Waals surface area contributed by atoms with Gasteiger partial charge in [0.25, 0.3) is 5.75 Å². The molecular weight excluding hydrogens is 410 g/mol. The van der Waals surface area contributed by atoms with Crippen molar-refractivity contribution in [3.63, 3.8) is 0 Å². The number of rotatable bonds is 0. The van der Waals surface area contributed by atoms with Crippen LogP contribution in [-0.2, 0) is 6.42 Å². The molecule has 7 heteroatoms. The lowest BCUT2D eigenvalue weighted by atomic mass is 9.96. The maximum Gasteiger partial charge on any atom is 0.286 e. The van der Waals surface area contributed by atoms with Gasteiger partial charge in [-0.2, -0.15) is 0 Å².